The smallest absolute Gasteiger partial charge is 0.243 e. The summed E-state index contributed by atoms with van der Waals surface area (Å²) in [7, 11) is -0.352. The van der Waals surface area contributed by atoms with Crippen molar-refractivity contribution in [3.63, 3.8) is 0 Å². The van der Waals surface area contributed by atoms with Gasteiger partial charge in [-0.15, -0.1) is 12.4 Å². The molecular formula is C12H18BrClN2O3S. The highest BCUT2D eigenvalue weighted by molar-refractivity contribution is 9.10. The van der Waals surface area contributed by atoms with Crippen molar-refractivity contribution in [3.8, 4) is 5.75 Å². The molecule has 114 valence electrons. The van der Waals surface area contributed by atoms with Crippen molar-refractivity contribution in [1.29, 1.82) is 0 Å². The van der Waals surface area contributed by atoms with Crippen molar-refractivity contribution < 1.29 is 13.2 Å². The highest BCUT2D eigenvalue weighted by atomic mass is 79.9. The second kappa shape index (κ2) is 7.09. The van der Waals surface area contributed by atoms with Gasteiger partial charge in [0.15, 0.2) is 0 Å². The number of hydrogen-bond donors (Lipinski definition) is 1. The topological polar surface area (TPSA) is 58.6 Å². The average Bonchev–Trinajstić information content (AvgIpc) is 2.90. The van der Waals surface area contributed by atoms with Crippen LogP contribution in [-0.2, 0) is 10.0 Å². The van der Waals surface area contributed by atoms with Gasteiger partial charge >= 0.3 is 0 Å². The summed E-state index contributed by atoms with van der Waals surface area (Å²) in [6.45, 7) is 1.55. The maximum Gasteiger partial charge on any atom is 0.243 e. The number of ether oxygens (including phenoxy) is 1. The number of benzene rings is 1. The van der Waals surface area contributed by atoms with E-state index in [4.69, 9.17) is 4.74 Å². The van der Waals surface area contributed by atoms with Crippen LogP contribution in [0.4, 0.5) is 0 Å². The number of methoxy groups -OCH3 is 1. The molecule has 1 N–H and O–H groups in total. The van der Waals surface area contributed by atoms with Crippen molar-refractivity contribution in [2.24, 2.45) is 0 Å². The van der Waals surface area contributed by atoms with E-state index in [0.717, 1.165) is 13.0 Å². The summed E-state index contributed by atoms with van der Waals surface area (Å²) in [4.78, 5) is 0.244. The fraction of sp³-hybridized carbons (Fsp3) is 0.500. The van der Waals surface area contributed by atoms with Gasteiger partial charge in [-0.2, -0.15) is 4.31 Å². The molecule has 2 rings (SSSR count). The van der Waals surface area contributed by atoms with Crippen LogP contribution in [0.2, 0.25) is 0 Å². The Bertz CT molecular complexity index is 562. The van der Waals surface area contributed by atoms with Crippen LogP contribution in [-0.4, -0.2) is 46.0 Å². The number of nitrogens with zero attached hydrogens (tertiary/aromatic N) is 1. The maximum atomic E-state index is 12.6. The first-order chi connectivity index (χ1) is 8.95. The number of likely N-dealkylation sites (N-methyl/N-ethyl adjacent to an activating group) is 1. The molecule has 20 heavy (non-hydrogen) atoms. The quantitative estimate of drug-likeness (QED) is 0.859. The van der Waals surface area contributed by atoms with E-state index in [1.54, 1.807) is 25.2 Å². The third-order valence-corrected chi connectivity index (χ3v) is 5.65. The van der Waals surface area contributed by atoms with Gasteiger partial charge in [0.1, 0.15) is 5.75 Å². The molecule has 0 bridgehead atoms. The minimum atomic E-state index is -3.49. The minimum Gasteiger partial charge on any atom is -0.497 e. The molecule has 0 aromatic heterocycles. The van der Waals surface area contributed by atoms with Gasteiger partial charge in [-0.25, -0.2) is 8.42 Å². The summed E-state index contributed by atoms with van der Waals surface area (Å²) in [5.41, 5.74) is 0. The number of hydrogen-bond acceptors (Lipinski definition) is 4. The van der Waals surface area contributed by atoms with Crippen LogP contribution in [0.3, 0.4) is 0 Å². The second-order valence-electron chi connectivity index (χ2n) is 4.49. The molecule has 0 amide bonds. The Kier molecular flexibility index (Phi) is 6.27. The van der Waals surface area contributed by atoms with Crippen molar-refractivity contribution in [2.45, 2.75) is 17.4 Å². The predicted molar refractivity (Wildman–Crippen MR) is 84.2 cm³/mol. The lowest BCUT2D eigenvalue weighted by Gasteiger charge is -2.23. The van der Waals surface area contributed by atoms with Crippen LogP contribution >= 0.6 is 28.3 Å². The van der Waals surface area contributed by atoms with E-state index >= 15 is 0 Å². The van der Waals surface area contributed by atoms with Gasteiger partial charge in [-0.1, -0.05) is 15.9 Å². The van der Waals surface area contributed by atoms with Crippen molar-refractivity contribution in [2.75, 3.05) is 27.2 Å². The third-order valence-electron chi connectivity index (χ3n) is 3.31. The number of halogens is 2. The van der Waals surface area contributed by atoms with Crippen LogP contribution in [0.1, 0.15) is 6.42 Å². The zero-order valence-corrected chi connectivity index (χ0v) is 14.5. The Morgan fingerprint density at radius 1 is 1.40 bits per heavy atom. The Hall–Kier alpha value is -0.340. The van der Waals surface area contributed by atoms with Crippen LogP contribution in [0.15, 0.2) is 27.6 Å². The van der Waals surface area contributed by atoms with E-state index in [1.165, 1.54) is 11.4 Å². The minimum absolute atomic E-state index is 0. The van der Waals surface area contributed by atoms with Crippen LogP contribution in [0.5, 0.6) is 5.75 Å². The Balaban J connectivity index is 0.00000200. The van der Waals surface area contributed by atoms with E-state index < -0.39 is 10.0 Å². The second-order valence-corrected chi connectivity index (χ2v) is 7.41. The van der Waals surface area contributed by atoms with Crippen LogP contribution < -0.4 is 10.1 Å². The molecule has 1 unspecified atom stereocenters. The standard InChI is InChI=1S/C12H17BrN2O3S.ClH/c1-15(10-3-4-14-8-10)19(16,17)12-6-9(13)5-11(7-12)18-2;/h5-7,10,14H,3-4,8H2,1-2H3;1H. The van der Waals surface area contributed by atoms with E-state index in [1.807, 2.05) is 0 Å². The zero-order chi connectivity index (χ0) is 14.0. The summed E-state index contributed by atoms with van der Waals surface area (Å²) >= 11 is 3.30. The number of nitrogens with one attached hydrogen (secondary N) is 1. The molecule has 0 aliphatic carbocycles. The molecule has 1 atom stereocenters. The third kappa shape index (κ3) is 3.65. The molecule has 1 aliphatic heterocycles. The monoisotopic (exact) mass is 384 g/mol. The normalized spacial score (nSPS) is 18.9. The molecule has 1 fully saturated rings. The summed E-state index contributed by atoms with van der Waals surface area (Å²) in [6.07, 6.45) is 0.834. The molecule has 1 aliphatic rings. The van der Waals surface area contributed by atoms with Gasteiger partial charge in [-0.3, -0.25) is 0 Å². The Labute approximate surface area is 134 Å². The number of rotatable bonds is 4. The summed E-state index contributed by atoms with van der Waals surface area (Å²) < 4.78 is 32.4. The van der Waals surface area contributed by atoms with Gasteiger partial charge in [0, 0.05) is 30.2 Å². The highest BCUT2D eigenvalue weighted by Gasteiger charge is 2.30. The number of sulfonamides is 1. The lowest BCUT2D eigenvalue weighted by Crippen LogP contribution is -2.38. The lowest BCUT2D eigenvalue weighted by atomic mass is 10.3. The Morgan fingerprint density at radius 2 is 2.10 bits per heavy atom. The summed E-state index contributed by atoms with van der Waals surface area (Å²) in [5.74, 6) is 0.519. The van der Waals surface area contributed by atoms with E-state index in [0.29, 0.717) is 16.8 Å². The summed E-state index contributed by atoms with van der Waals surface area (Å²) in [5, 5.41) is 3.17. The first-order valence-electron chi connectivity index (χ1n) is 5.98. The fourth-order valence-corrected chi connectivity index (χ4v) is 4.19. The zero-order valence-electron chi connectivity index (χ0n) is 11.3. The maximum absolute atomic E-state index is 12.6. The van der Waals surface area contributed by atoms with E-state index in [9.17, 15) is 8.42 Å². The molecule has 8 heteroatoms. The van der Waals surface area contributed by atoms with Crippen molar-refractivity contribution in [1.82, 2.24) is 9.62 Å². The molecule has 1 aromatic carbocycles. The van der Waals surface area contributed by atoms with Gasteiger partial charge in [0.25, 0.3) is 0 Å². The first kappa shape index (κ1) is 17.7. The molecule has 0 spiro atoms. The molecule has 5 nitrogen and oxygen atoms in total. The van der Waals surface area contributed by atoms with Gasteiger partial charge < -0.3 is 10.1 Å². The molecule has 1 heterocycles. The SMILES string of the molecule is COc1cc(Br)cc(S(=O)(=O)N(C)C2CCNC2)c1.Cl. The largest absolute Gasteiger partial charge is 0.497 e. The van der Waals surface area contributed by atoms with E-state index in [-0.39, 0.29) is 23.3 Å². The Morgan fingerprint density at radius 3 is 2.65 bits per heavy atom. The summed E-state index contributed by atoms with van der Waals surface area (Å²) in [6, 6.07) is 4.88. The molecule has 1 saturated heterocycles. The van der Waals surface area contributed by atoms with Crippen molar-refractivity contribution >= 4 is 38.4 Å². The predicted octanol–water partition coefficient (Wildman–Crippen LogP) is 1.86. The molecule has 0 saturated carbocycles. The van der Waals surface area contributed by atoms with Crippen molar-refractivity contribution in [3.05, 3.63) is 22.7 Å². The van der Waals surface area contributed by atoms with Gasteiger partial charge in [-0.05, 0) is 25.1 Å². The van der Waals surface area contributed by atoms with E-state index in [2.05, 4.69) is 21.2 Å². The molecular weight excluding hydrogens is 368 g/mol. The average molecular weight is 386 g/mol. The van der Waals surface area contributed by atoms with Gasteiger partial charge in [0.05, 0.1) is 12.0 Å². The van der Waals surface area contributed by atoms with Gasteiger partial charge in [0.2, 0.25) is 10.0 Å². The highest BCUT2D eigenvalue weighted by Crippen LogP contribution is 2.27. The first-order valence-corrected chi connectivity index (χ1v) is 8.22. The van der Waals surface area contributed by atoms with Crippen LogP contribution in [0, 0.1) is 0 Å². The van der Waals surface area contributed by atoms with Crippen LogP contribution in [0.25, 0.3) is 0 Å². The molecule has 1 aromatic rings. The fourth-order valence-electron chi connectivity index (χ4n) is 2.12. The molecule has 0 radical (unpaired) electrons. The lowest BCUT2D eigenvalue weighted by molar-refractivity contribution is 0.386.